The van der Waals surface area contributed by atoms with Gasteiger partial charge in [0.1, 0.15) is 0 Å². The fourth-order valence-corrected chi connectivity index (χ4v) is 2.51. The maximum Gasteiger partial charge on any atom is 0.270 e. The third-order valence-corrected chi connectivity index (χ3v) is 3.88. The number of rotatable bonds is 7. The topological polar surface area (TPSA) is 90.1 Å². The summed E-state index contributed by atoms with van der Waals surface area (Å²) in [5.74, 6) is -0.253. The van der Waals surface area contributed by atoms with E-state index in [0.717, 1.165) is 11.3 Å². The van der Waals surface area contributed by atoms with E-state index in [4.69, 9.17) is 0 Å². The Morgan fingerprint density at radius 3 is 2.78 bits per heavy atom. The van der Waals surface area contributed by atoms with Crippen LogP contribution in [-0.2, 0) is 11.2 Å². The lowest BCUT2D eigenvalue weighted by atomic mass is 10.2. The molecular weight excluding hydrogens is 344 g/mol. The molecule has 1 aromatic heterocycles. The predicted octanol–water partition coefficient (Wildman–Crippen LogP) is 3.15. The maximum absolute atomic E-state index is 11.9. The molecule has 0 atom stereocenters. The molecule has 0 saturated carbocycles. The lowest BCUT2D eigenvalue weighted by Crippen LogP contribution is -2.23. The van der Waals surface area contributed by atoms with Crippen LogP contribution in [0.1, 0.15) is 11.1 Å². The Kier molecular flexibility index (Phi) is 5.73. The van der Waals surface area contributed by atoms with Crippen LogP contribution in [0, 0.1) is 10.1 Å². The van der Waals surface area contributed by atoms with Crippen molar-refractivity contribution in [2.24, 2.45) is 0 Å². The second-order valence-corrected chi connectivity index (χ2v) is 5.86. The van der Waals surface area contributed by atoms with Crippen LogP contribution in [0.5, 0.6) is 0 Å². The maximum atomic E-state index is 11.9. The molecule has 1 amide bonds. The fraction of sp³-hybridized carbons (Fsp3) is 0.100. The molecule has 0 spiro atoms. The van der Waals surface area contributed by atoms with Crippen LogP contribution in [0.25, 0.3) is 11.8 Å². The molecule has 7 nitrogen and oxygen atoms in total. The van der Waals surface area contributed by atoms with Gasteiger partial charge in [-0.2, -0.15) is 5.10 Å². The van der Waals surface area contributed by atoms with Crippen LogP contribution in [-0.4, -0.2) is 27.2 Å². The van der Waals surface area contributed by atoms with Crippen molar-refractivity contribution in [2.75, 3.05) is 6.54 Å². The first-order chi connectivity index (χ1) is 13.1. The van der Waals surface area contributed by atoms with E-state index >= 15 is 0 Å². The van der Waals surface area contributed by atoms with Crippen molar-refractivity contribution < 1.29 is 9.72 Å². The van der Waals surface area contributed by atoms with Gasteiger partial charge < -0.3 is 5.32 Å². The summed E-state index contributed by atoms with van der Waals surface area (Å²) in [6.07, 6.45) is 7.28. The van der Waals surface area contributed by atoms with Crippen molar-refractivity contribution in [1.29, 1.82) is 0 Å². The number of hydrogen-bond acceptors (Lipinski definition) is 4. The van der Waals surface area contributed by atoms with Crippen molar-refractivity contribution in [2.45, 2.75) is 6.42 Å². The molecule has 3 rings (SSSR count). The predicted molar refractivity (Wildman–Crippen MR) is 102 cm³/mol. The molecule has 2 aromatic carbocycles. The second-order valence-electron chi connectivity index (χ2n) is 5.86. The fourth-order valence-electron chi connectivity index (χ4n) is 2.51. The summed E-state index contributed by atoms with van der Waals surface area (Å²) in [6.45, 7) is 0.471. The minimum absolute atomic E-state index is 0.00649. The van der Waals surface area contributed by atoms with Crippen molar-refractivity contribution in [3.63, 3.8) is 0 Å². The average Bonchev–Trinajstić information content (AvgIpc) is 3.16. The molecule has 1 N–H and O–H groups in total. The van der Waals surface area contributed by atoms with E-state index in [2.05, 4.69) is 10.4 Å². The average molecular weight is 362 g/mol. The number of hydrogen-bond donors (Lipinski definition) is 1. The zero-order valence-electron chi connectivity index (χ0n) is 14.5. The number of benzene rings is 2. The summed E-state index contributed by atoms with van der Waals surface area (Å²) in [5.41, 5.74) is 2.59. The lowest BCUT2D eigenvalue weighted by molar-refractivity contribution is -0.384. The molecule has 0 aliphatic carbocycles. The van der Waals surface area contributed by atoms with Crippen LogP contribution in [0.3, 0.4) is 0 Å². The number of nitrogens with zero attached hydrogens (tertiary/aromatic N) is 3. The monoisotopic (exact) mass is 362 g/mol. The van der Waals surface area contributed by atoms with E-state index < -0.39 is 4.92 Å². The van der Waals surface area contributed by atoms with E-state index in [-0.39, 0.29) is 11.6 Å². The number of carbonyl (C=O) groups is 1. The third-order valence-electron chi connectivity index (χ3n) is 3.88. The highest BCUT2D eigenvalue weighted by Crippen LogP contribution is 2.14. The molecule has 136 valence electrons. The minimum atomic E-state index is -0.465. The number of para-hydroxylation sites is 1. The van der Waals surface area contributed by atoms with Gasteiger partial charge in [-0.25, -0.2) is 4.68 Å². The smallest absolute Gasteiger partial charge is 0.270 e. The van der Waals surface area contributed by atoms with Crippen molar-refractivity contribution in [3.05, 3.63) is 94.3 Å². The normalized spacial score (nSPS) is 10.8. The summed E-state index contributed by atoms with van der Waals surface area (Å²) in [4.78, 5) is 22.2. The lowest BCUT2D eigenvalue weighted by Gasteiger charge is -2.01. The van der Waals surface area contributed by atoms with Gasteiger partial charge in [-0.3, -0.25) is 14.9 Å². The summed E-state index contributed by atoms with van der Waals surface area (Å²) in [5, 5.41) is 17.9. The van der Waals surface area contributed by atoms with Gasteiger partial charge in [-0.05, 0) is 35.8 Å². The molecule has 0 aliphatic rings. The number of nitrogens with one attached hydrogen (secondary N) is 1. The van der Waals surface area contributed by atoms with Crippen molar-refractivity contribution >= 4 is 17.7 Å². The highest BCUT2D eigenvalue weighted by molar-refractivity contribution is 5.91. The van der Waals surface area contributed by atoms with Gasteiger partial charge in [0.25, 0.3) is 5.69 Å². The molecule has 27 heavy (non-hydrogen) atoms. The second kappa shape index (κ2) is 8.57. The van der Waals surface area contributed by atoms with Gasteiger partial charge in [0.05, 0.1) is 16.8 Å². The number of aromatic nitrogens is 2. The van der Waals surface area contributed by atoms with Gasteiger partial charge in [-0.15, -0.1) is 0 Å². The molecule has 0 unspecified atom stereocenters. The van der Waals surface area contributed by atoms with E-state index in [1.54, 1.807) is 29.1 Å². The van der Waals surface area contributed by atoms with Gasteiger partial charge in [0, 0.05) is 31.0 Å². The zero-order chi connectivity index (χ0) is 19.1. The Balaban J connectivity index is 1.49. The molecule has 0 aliphatic heterocycles. The van der Waals surface area contributed by atoms with Crippen LogP contribution in [0.4, 0.5) is 5.69 Å². The highest BCUT2D eigenvalue weighted by Gasteiger charge is 2.04. The SMILES string of the molecule is O=C(/C=C/c1cccc([N+](=O)[O-])c1)NCCc1cnn(-c2ccccc2)c1. The Labute approximate surface area is 156 Å². The van der Waals surface area contributed by atoms with Gasteiger partial charge >= 0.3 is 0 Å². The number of nitro benzene ring substituents is 1. The molecule has 0 radical (unpaired) electrons. The Morgan fingerprint density at radius 1 is 1.19 bits per heavy atom. The summed E-state index contributed by atoms with van der Waals surface area (Å²) in [7, 11) is 0. The minimum Gasteiger partial charge on any atom is -0.352 e. The number of carbonyl (C=O) groups excluding carboxylic acids is 1. The molecule has 3 aromatic rings. The Morgan fingerprint density at radius 2 is 2.00 bits per heavy atom. The summed E-state index contributed by atoms with van der Waals surface area (Å²) in [6, 6.07) is 15.9. The molecule has 0 bridgehead atoms. The van der Waals surface area contributed by atoms with Crippen LogP contribution < -0.4 is 5.32 Å². The first-order valence-electron chi connectivity index (χ1n) is 8.41. The highest BCUT2D eigenvalue weighted by atomic mass is 16.6. The van der Waals surface area contributed by atoms with E-state index in [1.807, 2.05) is 36.5 Å². The number of nitro groups is 1. The van der Waals surface area contributed by atoms with Crippen molar-refractivity contribution in [3.8, 4) is 5.69 Å². The van der Waals surface area contributed by atoms with Crippen LogP contribution in [0.2, 0.25) is 0 Å². The molecule has 0 saturated heterocycles. The standard InChI is InChI=1S/C20H18N4O3/c25-20(10-9-16-5-4-8-19(13-16)24(26)27)21-12-11-17-14-22-23(15-17)18-6-2-1-3-7-18/h1-10,13-15H,11-12H2,(H,21,25)/b10-9+. The molecule has 0 fully saturated rings. The molecular formula is C20H18N4O3. The quantitative estimate of drug-likeness (QED) is 0.397. The van der Waals surface area contributed by atoms with Gasteiger partial charge in [-0.1, -0.05) is 30.3 Å². The summed E-state index contributed by atoms with van der Waals surface area (Å²) >= 11 is 0. The first-order valence-corrected chi connectivity index (χ1v) is 8.41. The van der Waals surface area contributed by atoms with Gasteiger partial charge in [0.15, 0.2) is 0 Å². The van der Waals surface area contributed by atoms with Crippen molar-refractivity contribution in [1.82, 2.24) is 15.1 Å². The largest absolute Gasteiger partial charge is 0.352 e. The number of non-ortho nitro benzene ring substituents is 1. The number of amides is 1. The van der Waals surface area contributed by atoms with E-state index in [0.29, 0.717) is 18.5 Å². The summed E-state index contributed by atoms with van der Waals surface area (Å²) < 4.78 is 1.79. The van der Waals surface area contributed by atoms with E-state index in [1.165, 1.54) is 18.2 Å². The Bertz CT molecular complexity index is 964. The third kappa shape index (κ3) is 5.12. The zero-order valence-corrected chi connectivity index (χ0v) is 14.5. The van der Waals surface area contributed by atoms with E-state index in [9.17, 15) is 14.9 Å². The molecule has 7 heteroatoms. The van der Waals surface area contributed by atoms with Gasteiger partial charge in [0.2, 0.25) is 5.91 Å². The molecule has 1 heterocycles. The Hall–Kier alpha value is -3.74. The van der Waals surface area contributed by atoms with Crippen LogP contribution in [0.15, 0.2) is 73.1 Å². The van der Waals surface area contributed by atoms with Crippen LogP contribution >= 0.6 is 0 Å². The first kappa shape index (κ1) is 18.1.